The average Bonchev–Trinajstić information content (AvgIpc) is 2.29. The zero-order chi connectivity index (χ0) is 12.0. The fourth-order valence-corrected chi connectivity index (χ4v) is 1.31. The molecule has 0 fully saturated rings. The lowest BCUT2D eigenvalue weighted by Crippen LogP contribution is -2.07. The first-order valence-corrected chi connectivity index (χ1v) is 4.91. The van der Waals surface area contributed by atoms with Gasteiger partial charge < -0.3 is 9.47 Å². The SMILES string of the molecule is [C-]#[N+]c1ccc(OC)cc1CC(=O)OCC. The second-order valence-electron chi connectivity index (χ2n) is 3.09. The molecule has 1 rings (SSSR count). The van der Waals surface area contributed by atoms with Crippen molar-refractivity contribution in [2.45, 2.75) is 13.3 Å². The Kier molecular flexibility index (Phi) is 4.34. The molecule has 4 nitrogen and oxygen atoms in total. The minimum absolute atomic E-state index is 0.1000. The number of rotatable bonds is 4. The number of hydrogen-bond donors (Lipinski definition) is 0. The van der Waals surface area contributed by atoms with Crippen molar-refractivity contribution in [3.8, 4) is 5.75 Å². The second-order valence-corrected chi connectivity index (χ2v) is 3.09. The van der Waals surface area contributed by atoms with Gasteiger partial charge in [-0.3, -0.25) is 4.79 Å². The van der Waals surface area contributed by atoms with Crippen LogP contribution in [0.1, 0.15) is 12.5 Å². The highest BCUT2D eigenvalue weighted by atomic mass is 16.5. The molecule has 0 aliphatic carbocycles. The van der Waals surface area contributed by atoms with Gasteiger partial charge >= 0.3 is 5.97 Å². The molecule has 0 bridgehead atoms. The van der Waals surface area contributed by atoms with Gasteiger partial charge in [0.25, 0.3) is 0 Å². The smallest absolute Gasteiger partial charge is 0.308 e. The number of methoxy groups -OCH3 is 1. The minimum atomic E-state index is -0.333. The molecule has 0 unspecified atom stereocenters. The molecule has 0 aliphatic rings. The molecule has 84 valence electrons. The maximum Gasteiger partial charge on any atom is 0.308 e. The Balaban J connectivity index is 2.92. The van der Waals surface area contributed by atoms with Crippen molar-refractivity contribution in [2.24, 2.45) is 0 Å². The van der Waals surface area contributed by atoms with Crippen LogP contribution in [-0.2, 0) is 16.0 Å². The standard InChI is InChI=1S/C12H13NO3/c1-4-16-12(14)8-9-7-10(15-3)5-6-11(9)13-2/h5-7H,4,8H2,1,3H3. The first-order chi connectivity index (χ1) is 7.71. The third-order valence-electron chi connectivity index (χ3n) is 2.05. The highest BCUT2D eigenvalue weighted by Gasteiger charge is 2.09. The third kappa shape index (κ3) is 2.99. The highest BCUT2D eigenvalue weighted by Crippen LogP contribution is 2.25. The van der Waals surface area contributed by atoms with Gasteiger partial charge in [0.1, 0.15) is 5.75 Å². The number of benzene rings is 1. The van der Waals surface area contributed by atoms with Crippen molar-refractivity contribution in [1.82, 2.24) is 0 Å². The van der Waals surface area contributed by atoms with E-state index in [0.29, 0.717) is 23.6 Å². The lowest BCUT2D eigenvalue weighted by atomic mass is 10.1. The lowest BCUT2D eigenvalue weighted by Gasteiger charge is -2.06. The molecule has 0 saturated carbocycles. The summed E-state index contributed by atoms with van der Waals surface area (Å²) in [4.78, 5) is 14.7. The predicted octanol–water partition coefficient (Wildman–Crippen LogP) is 2.35. The Morgan fingerprint density at radius 2 is 2.25 bits per heavy atom. The molecule has 0 spiro atoms. The number of esters is 1. The minimum Gasteiger partial charge on any atom is -0.497 e. The van der Waals surface area contributed by atoms with Crippen LogP contribution in [0.4, 0.5) is 5.69 Å². The van der Waals surface area contributed by atoms with Gasteiger partial charge in [0.2, 0.25) is 0 Å². The van der Waals surface area contributed by atoms with Crippen LogP contribution in [0.2, 0.25) is 0 Å². The summed E-state index contributed by atoms with van der Waals surface area (Å²) in [5, 5.41) is 0. The van der Waals surface area contributed by atoms with E-state index in [-0.39, 0.29) is 12.4 Å². The summed E-state index contributed by atoms with van der Waals surface area (Å²) in [7, 11) is 1.54. The van der Waals surface area contributed by atoms with E-state index in [1.54, 1.807) is 32.2 Å². The van der Waals surface area contributed by atoms with Gasteiger partial charge in [-0.1, -0.05) is 6.07 Å². The van der Waals surface area contributed by atoms with Gasteiger partial charge in [-0.05, 0) is 24.6 Å². The van der Waals surface area contributed by atoms with Gasteiger partial charge in [-0.15, -0.1) is 0 Å². The van der Waals surface area contributed by atoms with E-state index in [4.69, 9.17) is 16.0 Å². The summed E-state index contributed by atoms with van der Waals surface area (Å²) < 4.78 is 9.88. The average molecular weight is 219 g/mol. The van der Waals surface area contributed by atoms with Crippen LogP contribution in [0.15, 0.2) is 18.2 Å². The summed E-state index contributed by atoms with van der Waals surface area (Å²) in [6, 6.07) is 5.02. The molecule has 0 N–H and O–H groups in total. The van der Waals surface area contributed by atoms with E-state index in [0.717, 1.165) is 0 Å². The first kappa shape index (κ1) is 12.1. The first-order valence-electron chi connectivity index (χ1n) is 4.91. The van der Waals surface area contributed by atoms with Crippen LogP contribution in [0.5, 0.6) is 5.75 Å². The van der Waals surface area contributed by atoms with Crippen LogP contribution in [0.25, 0.3) is 4.85 Å². The number of ether oxygens (including phenoxy) is 2. The summed E-state index contributed by atoms with van der Waals surface area (Å²) in [6.45, 7) is 9.08. The van der Waals surface area contributed by atoms with Crippen molar-refractivity contribution < 1.29 is 14.3 Å². The molecule has 4 heteroatoms. The summed E-state index contributed by atoms with van der Waals surface area (Å²) >= 11 is 0. The molecule has 1 aromatic rings. The van der Waals surface area contributed by atoms with Crippen molar-refractivity contribution in [3.05, 3.63) is 35.2 Å². The predicted molar refractivity (Wildman–Crippen MR) is 59.6 cm³/mol. The van der Waals surface area contributed by atoms with Gasteiger partial charge in [0.15, 0.2) is 5.69 Å². The maximum absolute atomic E-state index is 11.3. The fourth-order valence-electron chi connectivity index (χ4n) is 1.31. The van der Waals surface area contributed by atoms with E-state index < -0.39 is 0 Å². The van der Waals surface area contributed by atoms with E-state index in [2.05, 4.69) is 4.85 Å². The number of nitrogens with zero attached hydrogens (tertiary/aromatic N) is 1. The molecule has 1 aromatic carbocycles. The van der Waals surface area contributed by atoms with E-state index in [1.165, 1.54) is 0 Å². The monoisotopic (exact) mass is 219 g/mol. The third-order valence-corrected chi connectivity index (χ3v) is 2.05. The van der Waals surface area contributed by atoms with Crippen molar-refractivity contribution in [3.63, 3.8) is 0 Å². The number of carbonyl (C=O) groups excluding carboxylic acids is 1. The van der Waals surface area contributed by atoms with Crippen molar-refractivity contribution >= 4 is 11.7 Å². The Bertz CT molecular complexity index is 421. The molecule has 0 aromatic heterocycles. The molecule has 0 aliphatic heterocycles. The number of carbonyl (C=O) groups is 1. The molecule has 0 radical (unpaired) electrons. The van der Waals surface area contributed by atoms with Gasteiger partial charge in [0.05, 0.1) is 26.7 Å². The topological polar surface area (TPSA) is 39.9 Å². The zero-order valence-corrected chi connectivity index (χ0v) is 9.32. The Labute approximate surface area is 94.6 Å². The van der Waals surface area contributed by atoms with Gasteiger partial charge in [-0.25, -0.2) is 4.85 Å². The van der Waals surface area contributed by atoms with E-state index in [1.807, 2.05) is 0 Å². The molecule has 0 atom stereocenters. The molecule has 0 saturated heterocycles. The Morgan fingerprint density at radius 3 is 2.81 bits per heavy atom. The van der Waals surface area contributed by atoms with Crippen LogP contribution in [-0.4, -0.2) is 19.7 Å². The zero-order valence-electron chi connectivity index (χ0n) is 9.32. The highest BCUT2D eigenvalue weighted by molar-refractivity contribution is 5.75. The summed E-state index contributed by atoms with van der Waals surface area (Å²) in [5.41, 5.74) is 1.08. The number of hydrogen-bond acceptors (Lipinski definition) is 3. The largest absolute Gasteiger partial charge is 0.497 e. The van der Waals surface area contributed by atoms with Crippen LogP contribution in [0, 0.1) is 6.57 Å². The molecular formula is C12H13NO3. The molecular weight excluding hydrogens is 206 g/mol. The van der Waals surface area contributed by atoms with Crippen molar-refractivity contribution in [2.75, 3.05) is 13.7 Å². The van der Waals surface area contributed by atoms with E-state index >= 15 is 0 Å². The van der Waals surface area contributed by atoms with Crippen LogP contribution >= 0.6 is 0 Å². The normalized spacial score (nSPS) is 9.31. The fraction of sp³-hybridized carbons (Fsp3) is 0.333. The molecule has 16 heavy (non-hydrogen) atoms. The lowest BCUT2D eigenvalue weighted by molar-refractivity contribution is -0.142. The van der Waals surface area contributed by atoms with Crippen LogP contribution in [0.3, 0.4) is 0 Å². The van der Waals surface area contributed by atoms with Gasteiger partial charge in [0, 0.05) is 0 Å². The second kappa shape index (κ2) is 5.76. The van der Waals surface area contributed by atoms with Crippen molar-refractivity contribution in [1.29, 1.82) is 0 Å². The molecule has 0 amide bonds. The quantitative estimate of drug-likeness (QED) is 0.576. The Morgan fingerprint density at radius 1 is 1.50 bits per heavy atom. The summed E-state index contributed by atoms with van der Waals surface area (Å²) in [6.07, 6.45) is 0.1000. The summed E-state index contributed by atoms with van der Waals surface area (Å²) in [5.74, 6) is 0.298. The maximum atomic E-state index is 11.3. The van der Waals surface area contributed by atoms with Gasteiger partial charge in [-0.2, -0.15) is 0 Å². The Hall–Kier alpha value is -2.02. The van der Waals surface area contributed by atoms with Crippen LogP contribution < -0.4 is 4.74 Å². The molecule has 0 heterocycles. The van der Waals surface area contributed by atoms with E-state index in [9.17, 15) is 4.79 Å².